The van der Waals surface area contributed by atoms with Crippen LogP contribution >= 0.6 is 11.6 Å². The molecule has 0 saturated heterocycles. The quantitative estimate of drug-likeness (QED) is 0.618. The highest BCUT2D eigenvalue weighted by molar-refractivity contribution is 6.30. The van der Waals surface area contributed by atoms with Crippen molar-refractivity contribution in [3.05, 3.63) is 82.6 Å². The van der Waals surface area contributed by atoms with Crippen molar-refractivity contribution in [2.24, 2.45) is 0 Å². The van der Waals surface area contributed by atoms with E-state index in [4.69, 9.17) is 11.6 Å². The topological polar surface area (TPSA) is 17.1 Å². The molecule has 0 atom stereocenters. The summed E-state index contributed by atoms with van der Waals surface area (Å²) in [6.45, 7) is 0. The molecular formula is C18H12ClFO. The fourth-order valence-corrected chi connectivity index (χ4v) is 2.50. The molecule has 3 aromatic carbocycles. The Hall–Kier alpha value is -2.19. The van der Waals surface area contributed by atoms with Crippen molar-refractivity contribution >= 4 is 28.2 Å². The largest absolute Gasteiger partial charge is 0.294 e. The molecule has 0 aliphatic rings. The third kappa shape index (κ3) is 2.96. The van der Waals surface area contributed by atoms with E-state index in [1.807, 2.05) is 42.5 Å². The van der Waals surface area contributed by atoms with Crippen molar-refractivity contribution in [3.8, 4) is 0 Å². The van der Waals surface area contributed by atoms with Crippen LogP contribution in [0.1, 0.15) is 15.9 Å². The molecule has 0 aliphatic carbocycles. The smallest absolute Gasteiger partial charge is 0.170 e. The molecule has 0 N–H and O–H groups in total. The second kappa shape index (κ2) is 5.66. The molecule has 3 rings (SSSR count). The van der Waals surface area contributed by atoms with Gasteiger partial charge in [0.25, 0.3) is 0 Å². The number of carbonyl (C=O) groups excluding carboxylic acids is 1. The molecule has 0 fully saturated rings. The minimum absolute atomic E-state index is 0.0764. The summed E-state index contributed by atoms with van der Waals surface area (Å²) in [6.07, 6.45) is 0.170. The molecule has 3 heteroatoms. The summed E-state index contributed by atoms with van der Waals surface area (Å²) < 4.78 is 13.8. The van der Waals surface area contributed by atoms with Gasteiger partial charge in [0.15, 0.2) is 5.78 Å². The van der Waals surface area contributed by atoms with E-state index < -0.39 is 5.82 Å². The van der Waals surface area contributed by atoms with Gasteiger partial charge in [-0.2, -0.15) is 0 Å². The van der Waals surface area contributed by atoms with Crippen molar-refractivity contribution in [1.29, 1.82) is 0 Å². The van der Waals surface area contributed by atoms with Crippen LogP contribution in [0.4, 0.5) is 4.39 Å². The van der Waals surface area contributed by atoms with Gasteiger partial charge in [-0.15, -0.1) is 0 Å². The van der Waals surface area contributed by atoms with Gasteiger partial charge in [-0.1, -0.05) is 54.1 Å². The molecule has 0 heterocycles. The number of hydrogen-bond acceptors (Lipinski definition) is 1. The van der Waals surface area contributed by atoms with E-state index >= 15 is 0 Å². The van der Waals surface area contributed by atoms with E-state index in [0.29, 0.717) is 0 Å². The number of Topliss-reactive ketones (excluding diaryl/α,β-unsaturated/α-hetero) is 1. The second-order valence-corrected chi connectivity index (χ2v) is 5.34. The number of ketones is 1. The monoisotopic (exact) mass is 298 g/mol. The third-order valence-electron chi connectivity index (χ3n) is 3.41. The van der Waals surface area contributed by atoms with Gasteiger partial charge >= 0.3 is 0 Å². The van der Waals surface area contributed by atoms with Crippen LogP contribution in [0.3, 0.4) is 0 Å². The predicted molar refractivity (Wildman–Crippen MR) is 83.4 cm³/mol. The first-order valence-electron chi connectivity index (χ1n) is 6.59. The van der Waals surface area contributed by atoms with E-state index in [1.54, 1.807) is 0 Å². The maximum atomic E-state index is 13.8. The minimum Gasteiger partial charge on any atom is -0.294 e. The maximum Gasteiger partial charge on any atom is 0.170 e. The Morgan fingerprint density at radius 3 is 2.48 bits per heavy atom. The molecule has 21 heavy (non-hydrogen) atoms. The summed E-state index contributed by atoms with van der Waals surface area (Å²) in [5.74, 6) is -0.826. The standard InChI is InChI=1S/C18H12ClFO/c19-15-7-8-16(17(20)11-15)18(21)10-12-5-6-13-3-1-2-4-14(13)9-12/h1-9,11H,10H2. The number of hydrogen-bond donors (Lipinski definition) is 0. The number of rotatable bonds is 3. The number of carbonyl (C=O) groups is 1. The van der Waals surface area contributed by atoms with Crippen LogP contribution in [0.5, 0.6) is 0 Å². The Bertz CT molecular complexity index is 826. The van der Waals surface area contributed by atoms with Gasteiger partial charge in [0, 0.05) is 11.4 Å². The highest BCUT2D eigenvalue weighted by atomic mass is 35.5. The van der Waals surface area contributed by atoms with E-state index in [-0.39, 0.29) is 22.8 Å². The maximum absolute atomic E-state index is 13.8. The first kappa shape index (κ1) is 13.8. The molecule has 0 aliphatic heterocycles. The van der Waals surface area contributed by atoms with Gasteiger partial charge in [0.2, 0.25) is 0 Å². The van der Waals surface area contributed by atoms with Gasteiger partial charge in [-0.05, 0) is 34.5 Å². The lowest BCUT2D eigenvalue weighted by Gasteiger charge is -2.05. The molecule has 0 unspecified atom stereocenters. The van der Waals surface area contributed by atoms with E-state index in [9.17, 15) is 9.18 Å². The average Bonchev–Trinajstić information content (AvgIpc) is 2.47. The van der Waals surface area contributed by atoms with Crippen LogP contribution in [-0.2, 0) is 6.42 Å². The highest BCUT2D eigenvalue weighted by Gasteiger charge is 2.12. The van der Waals surface area contributed by atoms with Gasteiger partial charge in [-0.3, -0.25) is 4.79 Å². The van der Waals surface area contributed by atoms with E-state index in [2.05, 4.69) is 0 Å². The summed E-state index contributed by atoms with van der Waals surface area (Å²) >= 11 is 5.70. The zero-order chi connectivity index (χ0) is 14.8. The fraction of sp³-hybridized carbons (Fsp3) is 0.0556. The summed E-state index contributed by atoms with van der Waals surface area (Å²) in [6, 6.07) is 17.9. The van der Waals surface area contributed by atoms with Crippen LogP contribution < -0.4 is 0 Å². The van der Waals surface area contributed by atoms with Crippen LogP contribution in [0.15, 0.2) is 60.7 Å². The van der Waals surface area contributed by atoms with Crippen LogP contribution in [0, 0.1) is 5.82 Å². The van der Waals surface area contributed by atoms with Crippen LogP contribution in [-0.4, -0.2) is 5.78 Å². The predicted octanol–water partition coefficient (Wildman–Crippen LogP) is 5.06. The number of halogens is 2. The van der Waals surface area contributed by atoms with Crippen molar-refractivity contribution < 1.29 is 9.18 Å². The molecule has 0 aromatic heterocycles. The van der Waals surface area contributed by atoms with Crippen molar-refractivity contribution in [2.45, 2.75) is 6.42 Å². The van der Waals surface area contributed by atoms with Crippen LogP contribution in [0.25, 0.3) is 10.8 Å². The zero-order valence-electron chi connectivity index (χ0n) is 11.1. The molecule has 0 radical (unpaired) electrons. The molecule has 0 spiro atoms. The Balaban J connectivity index is 1.89. The Kier molecular flexibility index (Phi) is 3.72. The highest BCUT2D eigenvalue weighted by Crippen LogP contribution is 2.19. The first-order valence-corrected chi connectivity index (χ1v) is 6.97. The van der Waals surface area contributed by atoms with Crippen molar-refractivity contribution in [3.63, 3.8) is 0 Å². The Morgan fingerprint density at radius 1 is 0.952 bits per heavy atom. The van der Waals surface area contributed by atoms with Crippen LogP contribution in [0.2, 0.25) is 5.02 Å². The summed E-state index contributed by atoms with van der Waals surface area (Å²) in [5.41, 5.74) is 0.945. The summed E-state index contributed by atoms with van der Waals surface area (Å²) in [5, 5.41) is 2.47. The Morgan fingerprint density at radius 2 is 1.71 bits per heavy atom. The molecule has 1 nitrogen and oxygen atoms in total. The van der Waals surface area contributed by atoms with Gasteiger partial charge in [0.1, 0.15) is 5.82 Å². The molecular weight excluding hydrogens is 287 g/mol. The zero-order valence-corrected chi connectivity index (χ0v) is 11.9. The summed E-state index contributed by atoms with van der Waals surface area (Å²) in [7, 11) is 0. The second-order valence-electron chi connectivity index (χ2n) is 4.91. The molecule has 0 bridgehead atoms. The first-order chi connectivity index (χ1) is 10.1. The van der Waals surface area contributed by atoms with Gasteiger partial charge < -0.3 is 0 Å². The number of benzene rings is 3. The average molecular weight is 299 g/mol. The van der Waals surface area contributed by atoms with Gasteiger partial charge in [-0.25, -0.2) is 4.39 Å². The lowest BCUT2D eigenvalue weighted by atomic mass is 10.00. The normalized spacial score (nSPS) is 10.8. The summed E-state index contributed by atoms with van der Waals surface area (Å²) in [4.78, 5) is 12.2. The third-order valence-corrected chi connectivity index (χ3v) is 3.65. The van der Waals surface area contributed by atoms with Crippen molar-refractivity contribution in [2.75, 3.05) is 0 Å². The molecule has 3 aromatic rings. The molecule has 104 valence electrons. The lowest BCUT2D eigenvalue weighted by Crippen LogP contribution is -2.06. The lowest BCUT2D eigenvalue weighted by molar-refractivity contribution is 0.0989. The number of fused-ring (bicyclic) bond motifs is 1. The van der Waals surface area contributed by atoms with E-state index in [1.165, 1.54) is 12.1 Å². The molecule has 0 amide bonds. The SMILES string of the molecule is O=C(Cc1ccc2ccccc2c1)c1ccc(Cl)cc1F. The molecule has 0 saturated carbocycles. The van der Waals surface area contributed by atoms with Gasteiger partial charge in [0.05, 0.1) is 5.56 Å². The fourth-order valence-electron chi connectivity index (χ4n) is 2.34. The Labute approximate surface area is 127 Å². The minimum atomic E-state index is -0.576. The van der Waals surface area contributed by atoms with Crippen molar-refractivity contribution in [1.82, 2.24) is 0 Å². The van der Waals surface area contributed by atoms with E-state index in [0.717, 1.165) is 22.4 Å².